The standard InChI is InChI=1S/C11H16ClN3O2S/c1-11(2,3)9-8(7-13)10(12)15(14-9)5-6-18(4,16)17/h5-6H2,1-4H3. The van der Waals surface area contributed by atoms with E-state index < -0.39 is 9.84 Å². The van der Waals surface area contributed by atoms with Crippen LogP contribution in [0, 0.1) is 11.3 Å². The topological polar surface area (TPSA) is 75.8 Å². The Kier molecular flexibility index (Phi) is 4.08. The van der Waals surface area contributed by atoms with E-state index in [0.717, 1.165) is 6.26 Å². The lowest BCUT2D eigenvalue weighted by Gasteiger charge is -2.15. The second-order valence-corrected chi connectivity index (χ2v) is 7.85. The molecule has 1 aromatic heterocycles. The lowest BCUT2D eigenvalue weighted by atomic mass is 9.90. The Bertz CT molecular complexity index is 591. The first-order chi connectivity index (χ1) is 8.06. The molecule has 0 aliphatic rings. The van der Waals surface area contributed by atoms with Gasteiger partial charge in [0.25, 0.3) is 0 Å². The molecular weight excluding hydrogens is 274 g/mol. The summed E-state index contributed by atoms with van der Waals surface area (Å²) in [5, 5.41) is 13.6. The lowest BCUT2D eigenvalue weighted by molar-refractivity contribution is 0.537. The first-order valence-electron chi connectivity index (χ1n) is 5.41. The van der Waals surface area contributed by atoms with E-state index in [2.05, 4.69) is 5.10 Å². The van der Waals surface area contributed by atoms with Crippen LogP contribution in [-0.2, 0) is 21.8 Å². The average molecular weight is 290 g/mol. The van der Waals surface area contributed by atoms with Crippen molar-refractivity contribution in [2.75, 3.05) is 12.0 Å². The van der Waals surface area contributed by atoms with Gasteiger partial charge >= 0.3 is 0 Å². The average Bonchev–Trinajstić information content (AvgIpc) is 2.50. The third kappa shape index (κ3) is 3.47. The zero-order valence-electron chi connectivity index (χ0n) is 10.9. The maximum Gasteiger partial charge on any atom is 0.149 e. The first kappa shape index (κ1) is 15.0. The van der Waals surface area contributed by atoms with E-state index in [1.165, 1.54) is 4.68 Å². The number of nitriles is 1. The number of hydrogen-bond donors (Lipinski definition) is 0. The number of sulfone groups is 1. The minimum absolute atomic E-state index is 0.0527. The molecule has 100 valence electrons. The van der Waals surface area contributed by atoms with Crippen molar-refractivity contribution < 1.29 is 8.42 Å². The van der Waals surface area contributed by atoms with Crippen molar-refractivity contribution in [2.45, 2.75) is 32.7 Å². The normalized spacial score (nSPS) is 12.4. The molecule has 0 bridgehead atoms. The van der Waals surface area contributed by atoms with Gasteiger partial charge in [0.1, 0.15) is 26.6 Å². The second kappa shape index (κ2) is 4.90. The van der Waals surface area contributed by atoms with Crippen LogP contribution < -0.4 is 0 Å². The Labute approximate surface area is 112 Å². The molecule has 0 aromatic carbocycles. The smallest absolute Gasteiger partial charge is 0.149 e. The minimum atomic E-state index is -3.09. The predicted octanol–water partition coefficient (Wildman–Crippen LogP) is 1.75. The molecule has 1 aromatic rings. The van der Waals surface area contributed by atoms with Gasteiger partial charge in [0.05, 0.1) is 18.0 Å². The van der Waals surface area contributed by atoms with Gasteiger partial charge in [-0.3, -0.25) is 4.68 Å². The molecule has 0 atom stereocenters. The fraction of sp³-hybridized carbons (Fsp3) is 0.636. The number of hydrogen-bond acceptors (Lipinski definition) is 4. The SMILES string of the molecule is CC(C)(C)c1nn(CCS(C)(=O)=O)c(Cl)c1C#N. The van der Waals surface area contributed by atoms with Gasteiger partial charge in [-0.2, -0.15) is 10.4 Å². The summed E-state index contributed by atoms with van der Waals surface area (Å²) < 4.78 is 23.6. The maximum absolute atomic E-state index is 11.1. The van der Waals surface area contributed by atoms with Crippen LogP contribution in [0.4, 0.5) is 0 Å². The van der Waals surface area contributed by atoms with Crippen molar-refractivity contribution >= 4 is 21.4 Å². The molecule has 0 amide bonds. The molecule has 0 radical (unpaired) electrons. The first-order valence-corrected chi connectivity index (χ1v) is 7.84. The quantitative estimate of drug-likeness (QED) is 0.849. The Hall–Kier alpha value is -1.06. The molecule has 1 heterocycles. The zero-order valence-corrected chi connectivity index (χ0v) is 12.4. The summed E-state index contributed by atoms with van der Waals surface area (Å²) in [5.41, 5.74) is 0.589. The highest BCUT2D eigenvalue weighted by Crippen LogP contribution is 2.29. The highest BCUT2D eigenvalue weighted by molar-refractivity contribution is 7.90. The van der Waals surface area contributed by atoms with Gasteiger partial charge < -0.3 is 0 Å². The lowest BCUT2D eigenvalue weighted by Crippen LogP contribution is -2.16. The highest BCUT2D eigenvalue weighted by atomic mass is 35.5. The number of aryl methyl sites for hydroxylation is 1. The number of halogens is 1. The zero-order chi connectivity index (χ0) is 14.1. The Balaban J connectivity index is 3.18. The number of nitrogens with zero attached hydrogens (tertiary/aromatic N) is 3. The van der Waals surface area contributed by atoms with Crippen molar-refractivity contribution in [3.05, 3.63) is 16.4 Å². The van der Waals surface area contributed by atoms with Crippen LogP contribution in [-0.4, -0.2) is 30.2 Å². The Morgan fingerprint density at radius 1 is 1.44 bits per heavy atom. The molecule has 0 unspecified atom stereocenters. The Morgan fingerprint density at radius 2 is 2.00 bits per heavy atom. The number of aromatic nitrogens is 2. The summed E-state index contributed by atoms with van der Waals surface area (Å²) in [6, 6.07) is 2.02. The largest absolute Gasteiger partial charge is 0.251 e. The fourth-order valence-electron chi connectivity index (χ4n) is 1.47. The van der Waals surface area contributed by atoms with Crippen molar-refractivity contribution in [3.63, 3.8) is 0 Å². The molecule has 0 saturated heterocycles. The summed E-state index contributed by atoms with van der Waals surface area (Å²) in [7, 11) is -3.09. The van der Waals surface area contributed by atoms with E-state index in [1.54, 1.807) is 0 Å². The Morgan fingerprint density at radius 3 is 2.33 bits per heavy atom. The predicted molar refractivity (Wildman–Crippen MR) is 70.4 cm³/mol. The molecule has 0 fully saturated rings. The van der Waals surface area contributed by atoms with E-state index in [0.29, 0.717) is 11.3 Å². The monoisotopic (exact) mass is 289 g/mol. The van der Waals surface area contributed by atoms with Crippen molar-refractivity contribution in [1.82, 2.24) is 9.78 Å². The minimum Gasteiger partial charge on any atom is -0.251 e. The third-order valence-electron chi connectivity index (χ3n) is 2.39. The van der Waals surface area contributed by atoms with E-state index in [9.17, 15) is 8.42 Å². The molecule has 0 spiro atoms. The van der Waals surface area contributed by atoms with Crippen LogP contribution in [0.5, 0.6) is 0 Å². The van der Waals surface area contributed by atoms with Gasteiger partial charge in [0.2, 0.25) is 0 Å². The van der Waals surface area contributed by atoms with Crippen LogP contribution in [0.1, 0.15) is 32.0 Å². The van der Waals surface area contributed by atoms with Gasteiger partial charge in [-0.05, 0) is 0 Å². The maximum atomic E-state index is 11.1. The van der Waals surface area contributed by atoms with E-state index >= 15 is 0 Å². The van der Waals surface area contributed by atoms with Crippen LogP contribution in [0.3, 0.4) is 0 Å². The molecule has 0 aliphatic heterocycles. The molecule has 18 heavy (non-hydrogen) atoms. The highest BCUT2D eigenvalue weighted by Gasteiger charge is 2.26. The summed E-state index contributed by atoms with van der Waals surface area (Å²) >= 11 is 6.05. The van der Waals surface area contributed by atoms with E-state index in [4.69, 9.17) is 16.9 Å². The van der Waals surface area contributed by atoms with Crippen LogP contribution in [0.25, 0.3) is 0 Å². The van der Waals surface area contributed by atoms with E-state index in [1.807, 2.05) is 26.8 Å². The van der Waals surface area contributed by atoms with Gasteiger partial charge in [0, 0.05) is 11.7 Å². The molecule has 0 saturated carbocycles. The molecule has 1 rings (SSSR count). The van der Waals surface area contributed by atoms with Crippen LogP contribution in [0.2, 0.25) is 5.15 Å². The summed E-state index contributed by atoms with van der Waals surface area (Å²) in [4.78, 5) is 0. The molecule has 5 nitrogen and oxygen atoms in total. The van der Waals surface area contributed by atoms with Crippen LogP contribution >= 0.6 is 11.6 Å². The molecular formula is C11H16ClN3O2S. The summed E-state index contributed by atoms with van der Waals surface area (Å²) in [5.74, 6) is -0.0527. The second-order valence-electron chi connectivity index (χ2n) is 5.23. The third-order valence-corrected chi connectivity index (χ3v) is 3.69. The van der Waals surface area contributed by atoms with Crippen molar-refractivity contribution in [1.29, 1.82) is 5.26 Å². The van der Waals surface area contributed by atoms with Gasteiger partial charge in [-0.25, -0.2) is 8.42 Å². The number of rotatable bonds is 3. The van der Waals surface area contributed by atoms with Gasteiger partial charge in [0.15, 0.2) is 0 Å². The van der Waals surface area contributed by atoms with Crippen molar-refractivity contribution in [2.24, 2.45) is 0 Å². The van der Waals surface area contributed by atoms with Gasteiger partial charge in [-0.1, -0.05) is 32.4 Å². The van der Waals surface area contributed by atoms with E-state index in [-0.39, 0.29) is 22.9 Å². The van der Waals surface area contributed by atoms with Crippen molar-refractivity contribution in [3.8, 4) is 6.07 Å². The fourth-order valence-corrected chi connectivity index (χ4v) is 2.22. The summed E-state index contributed by atoms with van der Waals surface area (Å²) in [6.07, 6.45) is 1.15. The molecule has 7 heteroatoms. The summed E-state index contributed by atoms with van der Waals surface area (Å²) in [6.45, 7) is 5.93. The van der Waals surface area contributed by atoms with Gasteiger partial charge in [-0.15, -0.1) is 0 Å². The molecule has 0 aliphatic carbocycles. The van der Waals surface area contributed by atoms with Crippen LogP contribution in [0.15, 0.2) is 0 Å². The molecule has 0 N–H and O–H groups in total.